The van der Waals surface area contributed by atoms with Gasteiger partial charge in [0.05, 0.1) is 0 Å². The number of hydrogen-bond acceptors (Lipinski definition) is 3. The molecule has 0 aliphatic rings. The van der Waals surface area contributed by atoms with E-state index >= 15 is 0 Å². The summed E-state index contributed by atoms with van der Waals surface area (Å²) in [7, 11) is 1.88. The third kappa shape index (κ3) is 3.97. The van der Waals surface area contributed by atoms with Crippen molar-refractivity contribution < 1.29 is 0 Å². The number of aliphatic imine (C=N–C) groups is 1. The first-order chi connectivity index (χ1) is 7.09. The van der Waals surface area contributed by atoms with E-state index in [0.717, 1.165) is 12.4 Å². The number of hydrogen-bond donors (Lipinski definition) is 2. The van der Waals surface area contributed by atoms with Gasteiger partial charge in [-0.3, -0.25) is 0 Å². The predicted molar refractivity (Wildman–Crippen MR) is 59.2 cm³/mol. The molecule has 0 aliphatic carbocycles. The van der Waals surface area contributed by atoms with Gasteiger partial charge in [-0.05, 0) is 5.92 Å². The molecule has 3 N–H and O–H groups in total. The molecular formula is C9H18N6. The van der Waals surface area contributed by atoms with Gasteiger partial charge in [0.1, 0.15) is 12.9 Å². The van der Waals surface area contributed by atoms with Crippen LogP contribution in [0.4, 0.5) is 0 Å². The molecule has 0 saturated carbocycles. The Hall–Kier alpha value is -1.59. The molecule has 0 radical (unpaired) electrons. The Balaban J connectivity index is 2.40. The van der Waals surface area contributed by atoms with E-state index in [1.165, 1.54) is 0 Å². The molecule has 0 fully saturated rings. The molecule has 1 heterocycles. The van der Waals surface area contributed by atoms with Crippen molar-refractivity contribution in [3.05, 3.63) is 12.2 Å². The predicted octanol–water partition coefficient (Wildman–Crippen LogP) is -0.125. The summed E-state index contributed by atoms with van der Waals surface area (Å²) in [6.45, 7) is 5.51. The monoisotopic (exact) mass is 210 g/mol. The normalized spacial score (nSPS) is 12.1. The molecule has 1 rings (SSSR count). The van der Waals surface area contributed by atoms with Crippen molar-refractivity contribution in [2.75, 3.05) is 6.54 Å². The zero-order chi connectivity index (χ0) is 11.3. The number of nitrogens with one attached hydrogen (secondary N) is 1. The summed E-state index contributed by atoms with van der Waals surface area (Å²) in [5, 5.41) is 10.7. The lowest BCUT2D eigenvalue weighted by Crippen LogP contribution is -2.34. The lowest BCUT2D eigenvalue weighted by molar-refractivity contribution is 0.621. The van der Waals surface area contributed by atoms with Crippen LogP contribution in [-0.4, -0.2) is 27.3 Å². The molecule has 6 nitrogen and oxygen atoms in total. The second-order valence-corrected chi connectivity index (χ2v) is 3.83. The fourth-order valence-corrected chi connectivity index (χ4v) is 0.971. The molecule has 0 aromatic carbocycles. The Labute approximate surface area is 89.6 Å². The maximum Gasteiger partial charge on any atom is 0.189 e. The molecule has 1 aromatic heterocycles. The van der Waals surface area contributed by atoms with Gasteiger partial charge in [-0.25, -0.2) is 4.99 Å². The molecule has 84 valence electrons. The van der Waals surface area contributed by atoms with Crippen LogP contribution < -0.4 is 11.1 Å². The lowest BCUT2D eigenvalue weighted by Gasteiger charge is -2.07. The van der Waals surface area contributed by atoms with Gasteiger partial charge in [0.2, 0.25) is 0 Å². The summed E-state index contributed by atoms with van der Waals surface area (Å²) in [6, 6.07) is 0. The SMILES string of the molecule is CC(C)CNC(N)=NCc1nncn1C. The summed E-state index contributed by atoms with van der Waals surface area (Å²) in [5.41, 5.74) is 5.67. The number of nitrogens with two attached hydrogens (primary N) is 1. The molecule has 0 atom stereocenters. The number of aromatic nitrogens is 3. The molecule has 0 amide bonds. The number of aryl methyl sites for hydroxylation is 1. The summed E-state index contributed by atoms with van der Waals surface area (Å²) in [4.78, 5) is 4.16. The molecule has 6 heteroatoms. The van der Waals surface area contributed by atoms with E-state index in [9.17, 15) is 0 Å². The van der Waals surface area contributed by atoms with Crippen LogP contribution in [0.2, 0.25) is 0 Å². The van der Waals surface area contributed by atoms with Crippen LogP contribution in [0.25, 0.3) is 0 Å². The quantitative estimate of drug-likeness (QED) is 0.536. The third-order valence-corrected chi connectivity index (χ3v) is 1.89. The fraction of sp³-hybridized carbons (Fsp3) is 0.667. The van der Waals surface area contributed by atoms with Gasteiger partial charge in [0.25, 0.3) is 0 Å². The molecule has 0 aliphatic heterocycles. The first-order valence-electron chi connectivity index (χ1n) is 4.96. The van der Waals surface area contributed by atoms with Crippen LogP contribution in [0.3, 0.4) is 0 Å². The van der Waals surface area contributed by atoms with Crippen molar-refractivity contribution in [3.8, 4) is 0 Å². The molecule has 1 aromatic rings. The van der Waals surface area contributed by atoms with E-state index in [1.807, 2.05) is 11.6 Å². The van der Waals surface area contributed by atoms with E-state index in [1.54, 1.807) is 6.33 Å². The minimum atomic E-state index is 0.451. The topological polar surface area (TPSA) is 81.1 Å². The van der Waals surface area contributed by atoms with Crippen LogP contribution in [0, 0.1) is 5.92 Å². The highest BCUT2D eigenvalue weighted by molar-refractivity contribution is 5.77. The minimum absolute atomic E-state index is 0.451. The Morgan fingerprint density at radius 2 is 2.40 bits per heavy atom. The highest BCUT2D eigenvalue weighted by Gasteiger charge is 1.99. The number of guanidine groups is 1. The summed E-state index contributed by atoms with van der Waals surface area (Å²) in [5.74, 6) is 1.80. The third-order valence-electron chi connectivity index (χ3n) is 1.89. The molecule has 0 spiro atoms. The highest BCUT2D eigenvalue weighted by Crippen LogP contribution is 1.93. The Bertz CT molecular complexity index is 327. The lowest BCUT2D eigenvalue weighted by atomic mass is 10.2. The molecular weight excluding hydrogens is 192 g/mol. The van der Waals surface area contributed by atoms with Crippen LogP contribution in [0.15, 0.2) is 11.3 Å². The van der Waals surface area contributed by atoms with E-state index in [0.29, 0.717) is 18.4 Å². The van der Waals surface area contributed by atoms with Crippen molar-refractivity contribution in [3.63, 3.8) is 0 Å². The average Bonchev–Trinajstić information content (AvgIpc) is 2.58. The largest absolute Gasteiger partial charge is 0.370 e. The standard InChI is InChI=1S/C9H18N6/c1-7(2)4-11-9(10)12-5-8-14-13-6-15(8)3/h6-7H,4-5H2,1-3H3,(H3,10,11,12). The first-order valence-corrected chi connectivity index (χ1v) is 4.96. The Morgan fingerprint density at radius 3 is 2.93 bits per heavy atom. The van der Waals surface area contributed by atoms with E-state index in [2.05, 4.69) is 34.4 Å². The zero-order valence-corrected chi connectivity index (χ0v) is 9.44. The first kappa shape index (κ1) is 11.5. The van der Waals surface area contributed by atoms with Crippen LogP contribution in [0.5, 0.6) is 0 Å². The highest BCUT2D eigenvalue weighted by atomic mass is 15.3. The van der Waals surface area contributed by atoms with Crippen LogP contribution >= 0.6 is 0 Å². The summed E-state index contributed by atoms with van der Waals surface area (Å²) >= 11 is 0. The minimum Gasteiger partial charge on any atom is -0.370 e. The van der Waals surface area contributed by atoms with Gasteiger partial charge < -0.3 is 15.6 Å². The number of rotatable bonds is 4. The van der Waals surface area contributed by atoms with Gasteiger partial charge in [-0.1, -0.05) is 13.8 Å². The van der Waals surface area contributed by atoms with Crippen molar-refractivity contribution >= 4 is 5.96 Å². The van der Waals surface area contributed by atoms with E-state index in [4.69, 9.17) is 5.73 Å². The van der Waals surface area contributed by atoms with Crippen molar-refractivity contribution in [2.45, 2.75) is 20.4 Å². The zero-order valence-electron chi connectivity index (χ0n) is 9.44. The maximum atomic E-state index is 5.67. The smallest absolute Gasteiger partial charge is 0.189 e. The van der Waals surface area contributed by atoms with Gasteiger partial charge >= 0.3 is 0 Å². The van der Waals surface area contributed by atoms with Gasteiger partial charge in [0.15, 0.2) is 11.8 Å². The second kappa shape index (κ2) is 5.33. The summed E-state index contributed by atoms with van der Waals surface area (Å²) in [6.07, 6.45) is 1.64. The van der Waals surface area contributed by atoms with Crippen molar-refractivity contribution in [2.24, 2.45) is 23.7 Å². The summed E-state index contributed by atoms with van der Waals surface area (Å²) < 4.78 is 1.82. The second-order valence-electron chi connectivity index (χ2n) is 3.83. The Kier molecular flexibility index (Phi) is 4.08. The molecule has 0 bridgehead atoms. The van der Waals surface area contributed by atoms with Crippen LogP contribution in [0.1, 0.15) is 19.7 Å². The van der Waals surface area contributed by atoms with Gasteiger partial charge in [0, 0.05) is 13.6 Å². The average molecular weight is 210 g/mol. The molecule has 15 heavy (non-hydrogen) atoms. The molecule has 0 saturated heterocycles. The van der Waals surface area contributed by atoms with E-state index in [-0.39, 0.29) is 0 Å². The Morgan fingerprint density at radius 1 is 1.67 bits per heavy atom. The molecule has 0 unspecified atom stereocenters. The maximum absolute atomic E-state index is 5.67. The van der Waals surface area contributed by atoms with E-state index < -0.39 is 0 Å². The van der Waals surface area contributed by atoms with Crippen molar-refractivity contribution in [1.82, 2.24) is 20.1 Å². The van der Waals surface area contributed by atoms with Gasteiger partial charge in [-0.2, -0.15) is 0 Å². The fourth-order valence-electron chi connectivity index (χ4n) is 0.971. The van der Waals surface area contributed by atoms with Crippen LogP contribution in [-0.2, 0) is 13.6 Å². The van der Waals surface area contributed by atoms with Crippen molar-refractivity contribution in [1.29, 1.82) is 0 Å². The van der Waals surface area contributed by atoms with Gasteiger partial charge in [-0.15, -0.1) is 10.2 Å². The number of nitrogens with zero attached hydrogens (tertiary/aromatic N) is 4.